The van der Waals surface area contributed by atoms with Crippen molar-refractivity contribution in [1.29, 1.82) is 0 Å². The summed E-state index contributed by atoms with van der Waals surface area (Å²) in [6.07, 6.45) is 6.35. The quantitative estimate of drug-likeness (QED) is 0.526. The second-order valence-electron chi connectivity index (χ2n) is 4.15. The van der Waals surface area contributed by atoms with Crippen molar-refractivity contribution >= 4 is 0 Å². The van der Waals surface area contributed by atoms with Crippen molar-refractivity contribution in [2.75, 3.05) is 33.0 Å². The van der Waals surface area contributed by atoms with E-state index in [-0.39, 0.29) is 6.61 Å². The van der Waals surface area contributed by atoms with Gasteiger partial charge in [0.25, 0.3) is 0 Å². The van der Waals surface area contributed by atoms with Gasteiger partial charge >= 0.3 is 0 Å². The van der Waals surface area contributed by atoms with Crippen LogP contribution in [0.15, 0.2) is 0 Å². The van der Waals surface area contributed by atoms with E-state index in [0.717, 1.165) is 18.9 Å². The van der Waals surface area contributed by atoms with Crippen LogP contribution in [0.5, 0.6) is 0 Å². The summed E-state index contributed by atoms with van der Waals surface area (Å²) in [5, 5.41) is 8.48. The van der Waals surface area contributed by atoms with E-state index in [2.05, 4.69) is 13.8 Å². The van der Waals surface area contributed by atoms with Crippen molar-refractivity contribution in [2.45, 2.75) is 46.0 Å². The molecule has 0 aromatic carbocycles. The average molecular weight is 232 g/mol. The number of rotatable bonds is 12. The molecule has 16 heavy (non-hydrogen) atoms. The largest absolute Gasteiger partial charge is 0.394 e. The Balaban J connectivity index is 3.12. The van der Waals surface area contributed by atoms with Crippen molar-refractivity contribution in [2.24, 2.45) is 5.92 Å². The predicted molar refractivity (Wildman–Crippen MR) is 66.6 cm³/mol. The second kappa shape index (κ2) is 12.9. The molecule has 0 aromatic heterocycles. The van der Waals surface area contributed by atoms with Gasteiger partial charge in [-0.3, -0.25) is 0 Å². The topological polar surface area (TPSA) is 38.7 Å². The summed E-state index contributed by atoms with van der Waals surface area (Å²) in [6, 6.07) is 0. The van der Waals surface area contributed by atoms with Crippen LogP contribution in [-0.2, 0) is 9.47 Å². The maximum Gasteiger partial charge on any atom is 0.0701 e. The normalized spacial score (nSPS) is 12.9. The van der Waals surface area contributed by atoms with Gasteiger partial charge < -0.3 is 14.6 Å². The second-order valence-corrected chi connectivity index (χ2v) is 4.15. The SMILES string of the molecule is CCCC(CC)CCCOCCOCCO. The standard InChI is InChI=1S/C13H28O3/c1-3-6-13(4-2)7-5-9-15-11-12-16-10-8-14/h13-14H,3-12H2,1-2H3. The van der Waals surface area contributed by atoms with E-state index in [1.165, 1.54) is 25.7 Å². The van der Waals surface area contributed by atoms with Crippen LogP contribution in [0.25, 0.3) is 0 Å². The summed E-state index contributed by atoms with van der Waals surface area (Å²) >= 11 is 0. The minimum Gasteiger partial charge on any atom is -0.394 e. The third kappa shape index (κ3) is 10.4. The first kappa shape index (κ1) is 15.9. The summed E-state index contributed by atoms with van der Waals surface area (Å²) < 4.78 is 10.5. The van der Waals surface area contributed by atoms with Crippen LogP contribution in [0.1, 0.15) is 46.0 Å². The van der Waals surface area contributed by atoms with E-state index in [9.17, 15) is 0 Å². The monoisotopic (exact) mass is 232 g/mol. The van der Waals surface area contributed by atoms with Gasteiger partial charge in [0.1, 0.15) is 0 Å². The lowest BCUT2D eigenvalue weighted by atomic mass is 9.96. The summed E-state index contributed by atoms with van der Waals surface area (Å²) in [7, 11) is 0. The molecule has 0 aliphatic carbocycles. The molecule has 0 aliphatic rings. The summed E-state index contributed by atoms with van der Waals surface area (Å²) in [5.41, 5.74) is 0. The maximum absolute atomic E-state index is 8.48. The van der Waals surface area contributed by atoms with Gasteiger partial charge in [-0.15, -0.1) is 0 Å². The molecule has 0 radical (unpaired) electrons. The Bertz CT molecular complexity index is 128. The van der Waals surface area contributed by atoms with Gasteiger partial charge in [-0.1, -0.05) is 33.1 Å². The molecule has 0 bridgehead atoms. The minimum absolute atomic E-state index is 0.0925. The zero-order valence-corrected chi connectivity index (χ0v) is 10.9. The highest BCUT2D eigenvalue weighted by Crippen LogP contribution is 2.16. The molecule has 3 heteroatoms. The molecule has 0 aliphatic heterocycles. The minimum atomic E-state index is 0.0925. The van der Waals surface area contributed by atoms with Crippen LogP contribution in [0.3, 0.4) is 0 Å². The highest BCUT2D eigenvalue weighted by molar-refractivity contribution is 4.56. The van der Waals surface area contributed by atoms with Crippen molar-refractivity contribution < 1.29 is 14.6 Å². The van der Waals surface area contributed by atoms with Crippen molar-refractivity contribution in [3.8, 4) is 0 Å². The van der Waals surface area contributed by atoms with Crippen molar-refractivity contribution in [1.82, 2.24) is 0 Å². The summed E-state index contributed by atoms with van der Waals surface area (Å²) in [4.78, 5) is 0. The molecule has 0 rings (SSSR count). The average Bonchev–Trinajstić information content (AvgIpc) is 2.31. The number of aliphatic hydroxyl groups excluding tert-OH is 1. The fraction of sp³-hybridized carbons (Fsp3) is 1.00. The zero-order valence-electron chi connectivity index (χ0n) is 10.9. The van der Waals surface area contributed by atoms with E-state index in [4.69, 9.17) is 14.6 Å². The molecule has 0 saturated carbocycles. The number of aliphatic hydroxyl groups is 1. The molecule has 1 unspecified atom stereocenters. The van der Waals surface area contributed by atoms with Crippen LogP contribution in [-0.4, -0.2) is 38.1 Å². The van der Waals surface area contributed by atoms with Crippen molar-refractivity contribution in [3.05, 3.63) is 0 Å². The highest BCUT2D eigenvalue weighted by atomic mass is 16.5. The molecular formula is C13H28O3. The van der Waals surface area contributed by atoms with Gasteiger partial charge in [0.2, 0.25) is 0 Å². The van der Waals surface area contributed by atoms with E-state index in [0.29, 0.717) is 19.8 Å². The first-order valence-corrected chi connectivity index (χ1v) is 6.61. The van der Waals surface area contributed by atoms with Gasteiger partial charge in [0.15, 0.2) is 0 Å². The van der Waals surface area contributed by atoms with Gasteiger partial charge in [-0.05, 0) is 18.8 Å². The van der Waals surface area contributed by atoms with Crippen molar-refractivity contribution in [3.63, 3.8) is 0 Å². The van der Waals surface area contributed by atoms with E-state index < -0.39 is 0 Å². The molecule has 0 fully saturated rings. The lowest BCUT2D eigenvalue weighted by Gasteiger charge is -2.13. The van der Waals surface area contributed by atoms with Crippen LogP contribution < -0.4 is 0 Å². The fourth-order valence-electron chi connectivity index (χ4n) is 1.82. The number of ether oxygens (including phenoxy) is 2. The van der Waals surface area contributed by atoms with Gasteiger partial charge in [0.05, 0.1) is 26.4 Å². The third-order valence-corrected chi connectivity index (χ3v) is 2.78. The summed E-state index contributed by atoms with van der Waals surface area (Å²) in [5.74, 6) is 0.874. The number of hydrogen-bond donors (Lipinski definition) is 1. The molecule has 0 saturated heterocycles. The fourth-order valence-corrected chi connectivity index (χ4v) is 1.82. The Kier molecular flexibility index (Phi) is 12.9. The molecule has 3 nitrogen and oxygen atoms in total. The Morgan fingerprint density at radius 2 is 1.62 bits per heavy atom. The lowest BCUT2D eigenvalue weighted by molar-refractivity contribution is 0.0313. The Hall–Kier alpha value is -0.120. The lowest BCUT2D eigenvalue weighted by Crippen LogP contribution is -2.08. The molecular weight excluding hydrogens is 204 g/mol. The van der Waals surface area contributed by atoms with E-state index in [1.807, 2.05) is 0 Å². The van der Waals surface area contributed by atoms with E-state index in [1.54, 1.807) is 0 Å². The van der Waals surface area contributed by atoms with Crippen LogP contribution in [0.4, 0.5) is 0 Å². The van der Waals surface area contributed by atoms with Gasteiger partial charge in [-0.25, -0.2) is 0 Å². The maximum atomic E-state index is 8.48. The predicted octanol–water partition coefficient (Wildman–Crippen LogP) is 2.62. The molecule has 0 spiro atoms. The Morgan fingerprint density at radius 3 is 2.19 bits per heavy atom. The van der Waals surface area contributed by atoms with Gasteiger partial charge in [-0.2, -0.15) is 0 Å². The molecule has 98 valence electrons. The number of hydrogen-bond acceptors (Lipinski definition) is 3. The Morgan fingerprint density at radius 1 is 0.938 bits per heavy atom. The zero-order chi connectivity index (χ0) is 12.1. The molecule has 1 N–H and O–H groups in total. The Labute approximate surface area is 100 Å². The summed E-state index contributed by atoms with van der Waals surface area (Å²) in [6.45, 7) is 7.09. The van der Waals surface area contributed by atoms with E-state index >= 15 is 0 Å². The first-order chi connectivity index (χ1) is 7.85. The molecule has 1 atom stereocenters. The first-order valence-electron chi connectivity index (χ1n) is 6.61. The van der Waals surface area contributed by atoms with Gasteiger partial charge in [0, 0.05) is 6.61 Å². The van der Waals surface area contributed by atoms with Crippen LogP contribution in [0.2, 0.25) is 0 Å². The molecule has 0 amide bonds. The molecule has 0 heterocycles. The van der Waals surface area contributed by atoms with Crippen LogP contribution in [0, 0.1) is 5.92 Å². The van der Waals surface area contributed by atoms with Crippen LogP contribution >= 0.6 is 0 Å². The highest BCUT2D eigenvalue weighted by Gasteiger charge is 2.04. The molecule has 0 aromatic rings. The third-order valence-electron chi connectivity index (χ3n) is 2.78. The smallest absolute Gasteiger partial charge is 0.0701 e.